The van der Waals surface area contributed by atoms with Crippen molar-refractivity contribution < 1.29 is 9.84 Å². The number of likely N-dealkylation sites (tertiary alicyclic amines) is 1. The van der Waals surface area contributed by atoms with E-state index < -0.39 is 5.60 Å². The van der Waals surface area contributed by atoms with Crippen molar-refractivity contribution in [3.05, 3.63) is 0 Å². The monoisotopic (exact) mass is 272 g/mol. The Balaban J connectivity index is 2.25. The maximum atomic E-state index is 10.2. The third-order valence-electron chi connectivity index (χ3n) is 3.98. The van der Waals surface area contributed by atoms with Gasteiger partial charge in [-0.25, -0.2) is 0 Å². The number of rotatable bonds is 8. The van der Waals surface area contributed by atoms with E-state index in [0.29, 0.717) is 25.6 Å². The number of nitrogens with one attached hydrogen (secondary N) is 1. The lowest BCUT2D eigenvalue weighted by Crippen LogP contribution is -2.43. The van der Waals surface area contributed by atoms with Gasteiger partial charge in [0.05, 0.1) is 5.60 Å². The molecule has 4 heteroatoms. The zero-order valence-electron chi connectivity index (χ0n) is 13.0. The molecule has 2 unspecified atom stereocenters. The Hall–Kier alpha value is -0.160. The van der Waals surface area contributed by atoms with Crippen LogP contribution in [0.2, 0.25) is 0 Å². The third kappa shape index (κ3) is 7.25. The highest BCUT2D eigenvalue weighted by Gasteiger charge is 2.23. The molecule has 0 bridgehead atoms. The van der Waals surface area contributed by atoms with Gasteiger partial charge in [-0.3, -0.25) is 0 Å². The van der Waals surface area contributed by atoms with Gasteiger partial charge in [0.1, 0.15) is 0 Å². The van der Waals surface area contributed by atoms with Crippen molar-refractivity contribution >= 4 is 0 Å². The number of nitrogens with zero attached hydrogens (tertiary/aromatic N) is 1. The molecule has 1 fully saturated rings. The smallest absolute Gasteiger partial charge is 0.0765 e. The van der Waals surface area contributed by atoms with Gasteiger partial charge in [0, 0.05) is 32.7 Å². The molecule has 0 aromatic heterocycles. The molecule has 0 saturated carbocycles. The van der Waals surface area contributed by atoms with Gasteiger partial charge in [-0.1, -0.05) is 6.92 Å². The molecule has 0 aliphatic carbocycles. The first kappa shape index (κ1) is 16.9. The largest absolute Gasteiger partial charge is 0.389 e. The van der Waals surface area contributed by atoms with Gasteiger partial charge in [-0.05, 0) is 52.2 Å². The van der Waals surface area contributed by atoms with E-state index in [9.17, 15) is 5.11 Å². The summed E-state index contributed by atoms with van der Waals surface area (Å²) in [7, 11) is 1.68. The molecular weight excluding hydrogens is 240 g/mol. The molecule has 19 heavy (non-hydrogen) atoms. The van der Waals surface area contributed by atoms with Crippen LogP contribution in [0.3, 0.4) is 0 Å². The highest BCUT2D eigenvalue weighted by Crippen LogP contribution is 2.14. The molecule has 2 atom stereocenters. The van der Waals surface area contributed by atoms with Crippen molar-refractivity contribution in [1.82, 2.24) is 10.2 Å². The van der Waals surface area contributed by atoms with E-state index in [4.69, 9.17) is 4.74 Å². The van der Waals surface area contributed by atoms with Crippen LogP contribution in [0.5, 0.6) is 0 Å². The fraction of sp³-hybridized carbons (Fsp3) is 1.00. The van der Waals surface area contributed by atoms with Crippen LogP contribution in [0, 0.1) is 0 Å². The molecule has 1 aliphatic rings. The minimum Gasteiger partial charge on any atom is -0.389 e. The Labute approximate surface area is 118 Å². The second kappa shape index (κ2) is 8.90. The van der Waals surface area contributed by atoms with Crippen LogP contribution in [-0.4, -0.2) is 61.5 Å². The zero-order valence-corrected chi connectivity index (χ0v) is 13.0. The Bertz CT molecular complexity index is 234. The van der Waals surface area contributed by atoms with Gasteiger partial charge in [-0.15, -0.1) is 0 Å². The first-order chi connectivity index (χ1) is 9.07. The summed E-state index contributed by atoms with van der Waals surface area (Å²) in [5, 5.41) is 13.8. The van der Waals surface area contributed by atoms with Gasteiger partial charge in [-0.2, -0.15) is 0 Å². The summed E-state index contributed by atoms with van der Waals surface area (Å²) in [6.45, 7) is 9.04. The lowest BCUT2D eigenvalue weighted by Gasteiger charge is -2.27. The second-order valence-corrected chi connectivity index (χ2v) is 6.09. The van der Waals surface area contributed by atoms with E-state index in [-0.39, 0.29) is 0 Å². The van der Waals surface area contributed by atoms with Crippen molar-refractivity contribution in [2.45, 2.75) is 57.6 Å². The third-order valence-corrected chi connectivity index (χ3v) is 3.98. The average molecular weight is 272 g/mol. The van der Waals surface area contributed by atoms with E-state index in [0.717, 1.165) is 0 Å². The molecule has 0 spiro atoms. The minimum atomic E-state index is -0.661. The molecule has 1 saturated heterocycles. The van der Waals surface area contributed by atoms with Gasteiger partial charge in [0.2, 0.25) is 0 Å². The first-order valence-corrected chi connectivity index (χ1v) is 7.74. The molecule has 0 radical (unpaired) electrons. The molecule has 114 valence electrons. The van der Waals surface area contributed by atoms with Crippen molar-refractivity contribution in [3.63, 3.8) is 0 Å². The fourth-order valence-corrected chi connectivity index (χ4v) is 2.67. The van der Waals surface area contributed by atoms with Crippen molar-refractivity contribution in [1.29, 1.82) is 0 Å². The van der Waals surface area contributed by atoms with Crippen molar-refractivity contribution in [3.8, 4) is 0 Å². The number of methoxy groups -OCH3 is 1. The molecule has 0 aromatic rings. The van der Waals surface area contributed by atoms with Crippen LogP contribution in [0.4, 0.5) is 0 Å². The van der Waals surface area contributed by atoms with E-state index in [1.807, 2.05) is 6.92 Å². The number of aliphatic hydroxyl groups is 1. The highest BCUT2D eigenvalue weighted by atomic mass is 16.5. The molecular formula is C15H32N2O2. The maximum absolute atomic E-state index is 10.2. The molecule has 1 aliphatic heterocycles. The van der Waals surface area contributed by atoms with E-state index in [1.54, 1.807) is 7.11 Å². The predicted molar refractivity (Wildman–Crippen MR) is 79.5 cm³/mol. The maximum Gasteiger partial charge on any atom is 0.0765 e. The number of hydrogen-bond donors (Lipinski definition) is 2. The Morgan fingerprint density at radius 1 is 1.37 bits per heavy atom. The Kier molecular flexibility index (Phi) is 7.91. The van der Waals surface area contributed by atoms with Crippen LogP contribution in [0.15, 0.2) is 0 Å². The topological polar surface area (TPSA) is 44.7 Å². The van der Waals surface area contributed by atoms with Crippen LogP contribution in [0.25, 0.3) is 0 Å². The first-order valence-electron chi connectivity index (χ1n) is 7.74. The zero-order chi connectivity index (χ0) is 14.1. The van der Waals surface area contributed by atoms with Gasteiger partial charge in [0.25, 0.3) is 0 Å². The van der Waals surface area contributed by atoms with Crippen LogP contribution in [-0.2, 0) is 4.74 Å². The van der Waals surface area contributed by atoms with Crippen molar-refractivity contribution in [2.24, 2.45) is 0 Å². The molecule has 0 amide bonds. The van der Waals surface area contributed by atoms with Crippen molar-refractivity contribution in [2.75, 3.05) is 39.9 Å². The van der Waals surface area contributed by atoms with Crippen LogP contribution in [0.1, 0.15) is 46.0 Å². The van der Waals surface area contributed by atoms with E-state index in [2.05, 4.69) is 17.1 Å². The van der Waals surface area contributed by atoms with E-state index in [1.165, 1.54) is 45.3 Å². The summed E-state index contributed by atoms with van der Waals surface area (Å²) in [6.07, 6.45) is 5.60. The Morgan fingerprint density at radius 2 is 2.16 bits per heavy atom. The summed E-state index contributed by atoms with van der Waals surface area (Å²) in [6, 6.07) is 0.552. The van der Waals surface area contributed by atoms with Gasteiger partial charge < -0.3 is 20.1 Å². The summed E-state index contributed by atoms with van der Waals surface area (Å²) < 4.78 is 5.04. The predicted octanol–water partition coefficient (Wildman–Crippen LogP) is 1.63. The minimum absolute atomic E-state index is 0.552. The van der Waals surface area contributed by atoms with E-state index >= 15 is 0 Å². The molecule has 1 rings (SSSR count). The summed E-state index contributed by atoms with van der Waals surface area (Å²) in [4.78, 5) is 2.56. The molecule has 4 nitrogen and oxygen atoms in total. The summed E-state index contributed by atoms with van der Waals surface area (Å²) >= 11 is 0. The van der Waals surface area contributed by atoms with Crippen LogP contribution >= 0.6 is 0 Å². The van der Waals surface area contributed by atoms with Crippen LogP contribution < -0.4 is 5.32 Å². The standard InChI is InChI=1S/C15H32N2O2/c1-4-9-17-10-5-6-14(7-11-17)16-13-15(2,18)8-12-19-3/h14,16,18H,4-13H2,1-3H3. The number of hydrogen-bond acceptors (Lipinski definition) is 4. The second-order valence-electron chi connectivity index (χ2n) is 6.09. The fourth-order valence-electron chi connectivity index (χ4n) is 2.67. The molecule has 2 N–H and O–H groups in total. The van der Waals surface area contributed by atoms with Gasteiger partial charge >= 0.3 is 0 Å². The molecule has 1 heterocycles. The SMILES string of the molecule is CCCN1CCCC(NCC(C)(O)CCOC)CC1. The normalized spacial score (nSPS) is 24.9. The summed E-state index contributed by atoms with van der Waals surface area (Å²) in [5.74, 6) is 0. The highest BCUT2D eigenvalue weighted by molar-refractivity contribution is 4.81. The summed E-state index contributed by atoms with van der Waals surface area (Å²) in [5.41, 5.74) is -0.661. The molecule has 0 aromatic carbocycles. The Morgan fingerprint density at radius 3 is 2.84 bits per heavy atom. The lowest BCUT2D eigenvalue weighted by molar-refractivity contribution is 0.0224. The van der Waals surface area contributed by atoms with Gasteiger partial charge in [0.15, 0.2) is 0 Å². The average Bonchev–Trinajstić information content (AvgIpc) is 2.60. The number of ether oxygens (including phenoxy) is 1. The quantitative estimate of drug-likeness (QED) is 0.705. The lowest BCUT2D eigenvalue weighted by atomic mass is 10.0.